The Morgan fingerprint density at radius 1 is 1.11 bits per heavy atom. The van der Waals surface area contributed by atoms with E-state index in [1.54, 1.807) is 17.1 Å². The molecule has 1 heterocycles. The van der Waals surface area contributed by atoms with Crippen molar-refractivity contribution in [1.82, 2.24) is 14.8 Å². The van der Waals surface area contributed by atoms with Crippen LogP contribution in [0.25, 0.3) is 11.8 Å². The summed E-state index contributed by atoms with van der Waals surface area (Å²) in [6.45, 7) is 1.97. The van der Waals surface area contributed by atoms with Crippen LogP contribution < -0.4 is 0 Å². The number of benzene rings is 2. The Hall–Kier alpha value is -2.31. The van der Waals surface area contributed by atoms with Gasteiger partial charge in [0.15, 0.2) is 0 Å². The van der Waals surface area contributed by atoms with Gasteiger partial charge in [-0.15, -0.1) is 0 Å². The summed E-state index contributed by atoms with van der Waals surface area (Å²) in [5, 5.41) is 4.43. The van der Waals surface area contributed by atoms with Crippen LogP contribution >= 0.6 is 23.2 Å². The normalized spacial score (nSPS) is 13.2. The molecule has 0 N–H and O–H groups in total. The molecule has 1 unspecified atom stereocenters. The number of hydrogen-bond acceptors (Lipinski definition) is 2. The number of halogens is 5. The summed E-state index contributed by atoms with van der Waals surface area (Å²) in [5.41, 5.74) is 2.44. The summed E-state index contributed by atoms with van der Waals surface area (Å²) in [6, 6.07) is 9.35. The number of nitrogens with zero attached hydrogens (tertiary/aromatic N) is 3. The van der Waals surface area contributed by atoms with Crippen molar-refractivity contribution >= 4 is 29.3 Å². The predicted molar refractivity (Wildman–Crippen MR) is 105 cm³/mol. The fourth-order valence-electron chi connectivity index (χ4n) is 2.92. The molecule has 1 aromatic heterocycles. The standard InChI is InChI=1S/C20H16Cl2F3N3/c1-2-14-7-13(4-6-19(14)28-12-26-11-27-28)3-5-18(20(23,24)25)15-8-16(21)10-17(22)9-15/h3-12,18H,2H2,1H3/b5-3+. The minimum Gasteiger partial charge on any atom is -0.223 e. The van der Waals surface area contributed by atoms with Gasteiger partial charge in [-0.3, -0.25) is 0 Å². The van der Waals surface area contributed by atoms with Crippen molar-refractivity contribution in [3.63, 3.8) is 0 Å². The van der Waals surface area contributed by atoms with Gasteiger partial charge in [0, 0.05) is 10.0 Å². The molecule has 0 saturated heterocycles. The summed E-state index contributed by atoms with van der Waals surface area (Å²) in [5.74, 6) is -1.82. The van der Waals surface area contributed by atoms with Gasteiger partial charge in [-0.05, 0) is 53.4 Å². The third-order valence-electron chi connectivity index (χ3n) is 4.23. The van der Waals surface area contributed by atoms with Gasteiger partial charge in [0.25, 0.3) is 0 Å². The van der Waals surface area contributed by atoms with E-state index in [9.17, 15) is 13.2 Å². The molecular formula is C20H16Cl2F3N3. The number of aromatic nitrogens is 3. The first-order valence-electron chi connectivity index (χ1n) is 8.46. The third-order valence-corrected chi connectivity index (χ3v) is 4.66. The lowest BCUT2D eigenvalue weighted by Crippen LogP contribution is -2.18. The van der Waals surface area contributed by atoms with Crippen molar-refractivity contribution in [1.29, 1.82) is 0 Å². The summed E-state index contributed by atoms with van der Waals surface area (Å²) in [4.78, 5) is 3.92. The maximum absolute atomic E-state index is 13.6. The molecule has 3 nitrogen and oxygen atoms in total. The number of alkyl halides is 3. The molecule has 0 aliphatic carbocycles. The van der Waals surface area contributed by atoms with E-state index >= 15 is 0 Å². The van der Waals surface area contributed by atoms with Crippen molar-refractivity contribution in [3.05, 3.63) is 81.9 Å². The van der Waals surface area contributed by atoms with Gasteiger partial charge in [-0.2, -0.15) is 18.3 Å². The fourth-order valence-corrected chi connectivity index (χ4v) is 3.46. The lowest BCUT2D eigenvalue weighted by molar-refractivity contribution is -0.139. The van der Waals surface area contributed by atoms with Crippen LogP contribution in [0.3, 0.4) is 0 Å². The molecule has 0 saturated carbocycles. The largest absolute Gasteiger partial charge is 0.399 e. The Morgan fingerprint density at radius 2 is 1.82 bits per heavy atom. The fraction of sp³-hybridized carbons (Fsp3) is 0.200. The van der Waals surface area contributed by atoms with Gasteiger partial charge < -0.3 is 0 Å². The zero-order valence-corrected chi connectivity index (χ0v) is 16.3. The third kappa shape index (κ3) is 4.75. The van der Waals surface area contributed by atoms with Gasteiger partial charge in [0.05, 0.1) is 11.6 Å². The first-order chi connectivity index (χ1) is 13.3. The lowest BCUT2D eigenvalue weighted by Gasteiger charge is -2.18. The number of rotatable bonds is 5. The van der Waals surface area contributed by atoms with Crippen LogP contribution in [0.1, 0.15) is 29.5 Å². The van der Waals surface area contributed by atoms with E-state index in [1.807, 2.05) is 19.1 Å². The number of allylic oxidation sites excluding steroid dienone is 1. The molecule has 146 valence electrons. The first-order valence-corrected chi connectivity index (χ1v) is 9.22. The van der Waals surface area contributed by atoms with E-state index in [1.165, 1.54) is 30.6 Å². The molecule has 0 aliphatic rings. The molecule has 2 aromatic carbocycles. The van der Waals surface area contributed by atoms with Crippen LogP contribution in [0.15, 0.2) is 55.1 Å². The molecule has 8 heteroatoms. The van der Waals surface area contributed by atoms with Gasteiger partial charge >= 0.3 is 6.18 Å². The van der Waals surface area contributed by atoms with E-state index in [0.717, 1.165) is 17.3 Å². The molecule has 0 spiro atoms. The molecule has 28 heavy (non-hydrogen) atoms. The monoisotopic (exact) mass is 425 g/mol. The molecule has 3 rings (SSSR count). The maximum atomic E-state index is 13.6. The van der Waals surface area contributed by atoms with Gasteiger partial charge in [0.2, 0.25) is 0 Å². The van der Waals surface area contributed by atoms with Crippen LogP contribution in [0, 0.1) is 0 Å². The SMILES string of the molecule is CCc1cc(/C=C/C(c2cc(Cl)cc(Cl)c2)C(F)(F)F)ccc1-n1cncn1. The van der Waals surface area contributed by atoms with Crippen molar-refractivity contribution in [3.8, 4) is 5.69 Å². The van der Waals surface area contributed by atoms with Crippen LogP contribution in [0.4, 0.5) is 13.2 Å². The maximum Gasteiger partial charge on any atom is 0.399 e. The quantitative estimate of drug-likeness (QED) is 0.467. The lowest BCUT2D eigenvalue weighted by atomic mass is 9.96. The summed E-state index contributed by atoms with van der Waals surface area (Å²) >= 11 is 11.8. The highest BCUT2D eigenvalue weighted by atomic mass is 35.5. The van der Waals surface area contributed by atoms with E-state index in [4.69, 9.17) is 23.2 Å². The predicted octanol–water partition coefficient (Wildman–Crippen LogP) is 6.50. The van der Waals surface area contributed by atoms with E-state index in [-0.39, 0.29) is 15.6 Å². The second-order valence-corrected chi connectivity index (χ2v) is 7.04. The summed E-state index contributed by atoms with van der Waals surface area (Å²) in [7, 11) is 0. The Bertz CT molecular complexity index is 963. The Morgan fingerprint density at radius 3 is 2.39 bits per heavy atom. The zero-order valence-electron chi connectivity index (χ0n) is 14.8. The highest BCUT2D eigenvalue weighted by Gasteiger charge is 2.39. The minimum atomic E-state index is -4.47. The molecule has 1 atom stereocenters. The highest BCUT2D eigenvalue weighted by molar-refractivity contribution is 6.34. The summed E-state index contributed by atoms with van der Waals surface area (Å²) in [6.07, 6.45) is 1.80. The van der Waals surface area contributed by atoms with Crippen molar-refractivity contribution < 1.29 is 13.2 Å². The Labute approximate surface area is 170 Å². The molecule has 3 aromatic rings. The van der Waals surface area contributed by atoms with E-state index < -0.39 is 12.1 Å². The molecule has 0 aliphatic heterocycles. The molecule has 0 bridgehead atoms. The summed E-state index contributed by atoms with van der Waals surface area (Å²) < 4.78 is 42.5. The van der Waals surface area contributed by atoms with Crippen LogP contribution in [0.5, 0.6) is 0 Å². The molecule has 0 radical (unpaired) electrons. The van der Waals surface area contributed by atoms with Gasteiger partial charge in [0.1, 0.15) is 12.7 Å². The topological polar surface area (TPSA) is 30.7 Å². The van der Waals surface area contributed by atoms with E-state index in [0.29, 0.717) is 12.0 Å². The Kier molecular flexibility index (Phi) is 6.10. The number of hydrogen-bond donors (Lipinski definition) is 0. The van der Waals surface area contributed by atoms with E-state index in [2.05, 4.69) is 10.1 Å². The minimum absolute atomic E-state index is 0.00352. The van der Waals surface area contributed by atoms with Crippen molar-refractivity contribution in [2.24, 2.45) is 0 Å². The molecule has 0 amide bonds. The zero-order chi connectivity index (χ0) is 20.3. The van der Waals surface area contributed by atoms with Gasteiger partial charge in [-0.25, -0.2) is 9.67 Å². The van der Waals surface area contributed by atoms with Crippen LogP contribution in [-0.4, -0.2) is 20.9 Å². The van der Waals surface area contributed by atoms with Crippen molar-refractivity contribution in [2.75, 3.05) is 0 Å². The average molecular weight is 426 g/mol. The van der Waals surface area contributed by atoms with Crippen LogP contribution in [-0.2, 0) is 6.42 Å². The number of aryl methyl sites for hydroxylation is 1. The molecular weight excluding hydrogens is 410 g/mol. The molecule has 0 fully saturated rings. The second kappa shape index (κ2) is 8.37. The average Bonchev–Trinajstić information content (AvgIpc) is 3.14. The first kappa shape index (κ1) is 20.4. The smallest absolute Gasteiger partial charge is 0.223 e. The Balaban J connectivity index is 1.95. The van der Waals surface area contributed by atoms with Gasteiger partial charge in [-0.1, -0.05) is 48.3 Å². The van der Waals surface area contributed by atoms with Crippen LogP contribution in [0.2, 0.25) is 10.0 Å². The second-order valence-electron chi connectivity index (χ2n) is 6.16. The highest BCUT2D eigenvalue weighted by Crippen LogP contribution is 2.38. The van der Waals surface area contributed by atoms with Crippen molar-refractivity contribution in [2.45, 2.75) is 25.4 Å².